The maximum atomic E-state index is 13.2. The molecule has 6 nitrogen and oxygen atoms in total. The van der Waals surface area contributed by atoms with Gasteiger partial charge in [-0.05, 0) is 29.8 Å². The Balaban J connectivity index is 1.80. The van der Waals surface area contributed by atoms with E-state index in [4.69, 9.17) is 4.42 Å². The van der Waals surface area contributed by atoms with E-state index in [-0.39, 0.29) is 23.4 Å². The molecule has 25 heavy (non-hydrogen) atoms. The van der Waals surface area contributed by atoms with Crippen LogP contribution in [-0.2, 0) is 11.3 Å². The lowest BCUT2D eigenvalue weighted by molar-refractivity contribution is -0.129. The van der Waals surface area contributed by atoms with Gasteiger partial charge in [-0.15, -0.1) is 0 Å². The molecule has 1 aromatic heterocycles. The molecule has 0 saturated carbocycles. The number of rotatable bonds is 4. The Hall–Kier alpha value is -2.67. The number of furan rings is 1. The van der Waals surface area contributed by atoms with Gasteiger partial charge in [-0.3, -0.25) is 14.5 Å². The van der Waals surface area contributed by atoms with Crippen LogP contribution < -0.4 is 5.32 Å². The van der Waals surface area contributed by atoms with Gasteiger partial charge in [-0.25, -0.2) is 4.39 Å². The van der Waals surface area contributed by atoms with Crippen molar-refractivity contribution < 1.29 is 18.4 Å². The van der Waals surface area contributed by atoms with E-state index in [0.29, 0.717) is 25.4 Å². The standard InChI is InChI=1S/C18H20FN3O3/c1-21(2)18(24)15-8-7-14(25-15)11-22-10-9-20-17(23)16(22)12-3-5-13(19)6-4-12/h3-8,16H,9-11H2,1-2H3,(H,20,23). The van der Waals surface area contributed by atoms with Gasteiger partial charge in [0, 0.05) is 27.2 Å². The summed E-state index contributed by atoms with van der Waals surface area (Å²) in [4.78, 5) is 27.7. The predicted octanol–water partition coefficient (Wildman–Crippen LogP) is 1.79. The van der Waals surface area contributed by atoms with E-state index in [1.807, 2.05) is 4.90 Å². The molecule has 132 valence electrons. The molecule has 0 aliphatic carbocycles. The van der Waals surface area contributed by atoms with Crippen LogP contribution >= 0.6 is 0 Å². The van der Waals surface area contributed by atoms with Gasteiger partial charge in [0.1, 0.15) is 17.6 Å². The van der Waals surface area contributed by atoms with Gasteiger partial charge >= 0.3 is 0 Å². The molecule has 2 aromatic rings. The van der Waals surface area contributed by atoms with Gasteiger partial charge in [0.15, 0.2) is 5.76 Å². The van der Waals surface area contributed by atoms with Crippen LogP contribution in [0.3, 0.4) is 0 Å². The fourth-order valence-corrected chi connectivity index (χ4v) is 2.89. The van der Waals surface area contributed by atoms with Crippen molar-refractivity contribution in [3.63, 3.8) is 0 Å². The summed E-state index contributed by atoms with van der Waals surface area (Å²) < 4.78 is 18.8. The zero-order chi connectivity index (χ0) is 18.0. The lowest BCUT2D eigenvalue weighted by atomic mass is 10.0. The fraction of sp³-hybridized carbons (Fsp3) is 0.333. The number of piperazine rings is 1. The Morgan fingerprint density at radius 2 is 2.00 bits per heavy atom. The van der Waals surface area contributed by atoms with Crippen molar-refractivity contribution >= 4 is 11.8 Å². The number of benzene rings is 1. The Bertz CT molecular complexity index is 770. The summed E-state index contributed by atoms with van der Waals surface area (Å²) in [5.74, 6) is 0.183. The van der Waals surface area contributed by atoms with Crippen LogP contribution in [0.25, 0.3) is 0 Å². The topological polar surface area (TPSA) is 65.8 Å². The molecule has 1 fully saturated rings. The van der Waals surface area contributed by atoms with E-state index >= 15 is 0 Å². The Morgan fingerprint density at radius 3 is 2.68 bits per heavy atom. The lowest BCUT2D eigenvalue weighted by Gasteiger charge is -2.34. The number of nitrogens with zero attached hydrogens (tertiary/aromatic N) is 2. The van der Waals surface area contributed by atoms with Crippen molar-refractivity contribution in [2.75, 3.05) is 27.2 Å². The molecule has 0 spiro atoms. The second-order valence-electron chi connectivity index (χ2n) is 6.18. The van der Waals surface area contributed by atoms with E-state index in [1.54, 1.807) is 38.4 Å². The van der Waals surface area contributed by atoms with Crippen LogP contribution in [0.4, 0.5) is 4.39 Å². The van der Waals surface area contributed by atoms with Gasteiger partial charge in [-0.2, -0.15) is 0 Å². The highest BCUT2D eigenvalue weighted by Crippen LogP contribution is 2.26. The van der Waals surface area contributed by atoms with Gasteiger partial charge in [0.25, 0.3) is 5.91 Å². The second kappa shape index (κ2) is 7.06. The maximum Gasteiger partial charge on any atom is 0.289 e. The molecule has 1 aromatic carbocycles. The molecule has 1 unspecified atom stereocenters. The smallest absolute Gasteiger partial charge is 0.289 e. The van der Waals surface area contributed by atoms with E-state index in [0.717, 1.165) is 5.56 Å². The number of nitrogens with one attached hydrogen (secondary N) is 1. The molecule has 1 atom stereocenters. The summed E-state index contributed by atoms with van der Waals surface area (Å²) in [6, 6.07) is 8.76. The predicted molar refractivity (Wildman–Crippen MR) is 89.3 cm³/mol. The molecule has 0 radical (unpaired) electrons. The molecule has 1 aliphatic heterocycles. The fourth-order valence-electron chi connectivity index (χ4n) is 2.89. The van der Waals surface area contributed by atoms with Crippen LogP contribution in [-0.4, -0.2) is 48.8 Å². The van der Waals surface area contributed by atoms with E-state index in [9.17, 15) is 14.0 Å². The minimum Gasteiger partial charge on any atom is -0.455 e. The number of hydrogen-bond donors (Lipinski definition) is 1. The highest BCUT2D eigenvalue weighted by Gasteiger charge is 2.31. The summed E-state index contributed by atoms with van der Waals surface area (Å²) in [5.41, 5.74) is 0.717. The van der Waals surface area contributed by atoms with Crippen molar-refractivity contribution in [3.8, 4) is 0 Å². The average Bonchev–Trinajstić information content (AvgIpc) is 3.04. The van der Waals surface area contributed by atoms with Crippen molar-refractivity contribution in [2.45, 2.75) is 12.6 Å². The monoisotopic (exact) mass is 345 g/mol. The van der Waals surface area contributed by atoms with Crippen molar-refractivity contribution in [1.29, 1.82) is 0 Å². The van der Waals surface area contributed by atoms with Crippen LogP contribution in [0, 0.1) is 5.82 Å². The van der Waals surface area contributed by atoms with E-state index < -0.39 is 6.04 Å². The van der Waals surface area contributed by atoms with Crippen molar-refractivity contribution in [3.05, 3.63) is 59.3 Å². The number of hydrogen-bond acceptors (Lipinski definition) is 4. The third-order valence-electron chi connectivity index (χ3n) is 4.14. The van der Waals surface area contributed by atoms with Crippen LogP contribution in [0.1, 0.15) is 27.9 Å². The van der Waals surface area contributed by atoms with Crippen LogP contribution in [0.15, 0.2) is 40.8 Å². The number of carbonyl (C=O) groups is 2. The number of carbonyl (C=O) groups excluding carboxylic acids is 2. The highest BCUT2D eigenvalue weighted by molar-refractivity contribution is 5.91. The van der Waals surface area contributed by atoms with Crippen LogP contribution in [0.2, 0.25) is 0 Å². The second-order valence-corrected chi connectivity index (χ2v) is 6.18. The quantitative estimate of drug-likeness (QED) is 0.918. The van der Waals surface area contributed by atoms with Gasteiger partial charge in [0.2, 0.25) is 5.91 Å². The van der Waals surface area contributed by atoms with E-state index in [1.165, 1.54) is 17.0 Å². The van der Waals surface area contributed by atoms with Gasteiger partial charge < -0.3 is 14.6 Å². The molecule has 2 amide bonds. The summed E-state index contributed by atoms with van der Waals surface area (Å²) in [5, 5.41) is 2.83. The molecule has 1 aliphatic rings. The average molecular weight is 345 g/mol. The molecule has 3 rings (SSSR count). The Kier molecular flexibility index (Phi) is 4.85. The summed E-state index contributed by atoms with van der Waals surface area (Å²) in [6.45, 7) is 1.54. The first kappa shape index (κ1) is 17.2. The molecule has 1 saturated heterocycles. The SMILES string of the molecule is CN(C)C(=O)c1ccc(CN2CCNC(=O)C2c2ccc(F)cc2)o1. The molecule has 2 heterocycles. The molecule has 1 N–H and O–H groups in total. The molecule has 7 heteroatoms. The Morgan fingerprint density at radius 1 is 1.28 bits per heavy atom. The largest absolute Gasteiger partial charge is 0.455 e. The van der Waals surface area contributed by atoms with Crippen molar-refractivity contribution in [2.24, 2.45) is 0 Å². The highest BCUT2D eigenvalue weighted by atomic mass is 19.1. The zero-order valence-corrected chi connectivity index (χ0v) is 14.2. The number of halogens is 1. The third kappa shape index (κ3) is 3.71. The van der Waals surface area contributed by atoms with Gasteiger partial charge in [0.05, 0.1) is 6.54 Å². The van der Waals surface area contributed by atoms with Crippen LogP contribution in [0.5, 0.6) is 0 Å². The molecular formula is C18H20FN3O3. The minimum absolute atomic E-state index is 0.131. The first-order chi connectivity index (χ1) is 12.0. The third-order valence-corrected chi connectivity index (χ3v) is 4.14. The summed E-state index contributed by atoms with van der Waals surface area (Å²) >= 11 is 0. The maximum absolute atomic E-state index is 13.2. The molecule has 0 bridgehead atoms. The van der Waals surface area contributed by atoms with Crippen molar-refractivity contribution in [1.82, 2.24) is 15.1 Å². The summed E-state index contributed by atoms with van der Waals surface area (Å²) in [6.07, 6.45) is 0. The first-order valence-electron chi connectivity index (χ1n) is 8.03. The van der Waals surface area contributed by atoms with E-state index in [2.05, 4.69) is 5.32 Å². The zero-order valence-electron chi connectivity index (χ0n) is 14.2. The van der Waals surface area contributed by atoms with Gasteiger partial charge in [-0.1, -0.05) is 12.1 Å². The first-order valence-corrected chi connectivity index (χ1v) is 8.03. The summed E-state index contributed by atoms with van der Waals surface area (Å²) in [7, 11) is 3.31. The Labute approximate surface area is 145 Å². The molecular weight excluding hydrogens is 325 g/mol. The lowest BCUT2D eigenvalue weighted by Crippen LogP contribution is -2.49. The minimum atomic E-state index is -0.521. The number of amides is 2. The normalized spacial score (nSPS) is 18.0.